The van der Waals surface area contributed by atoms with Crippen molar-refractivity contribution in [1.82, 2.24) is 19.4 Å². The molecule has 3 saturated carbocycles. The third-order valence-electron chi connectivity index (χ3n) is 8.11. The van der Waals surface area contributed by atoms with Crippen LogP contribution in [-0.2, 0) is 24.7 Å². The van der Waals surface area contributed by atoms with Crippen LogP contribution in [-0.4, -0.2) is 102 Å². The number of rotatable bonds is 10. The first-order chi connectivity index (χ1) is 20.4. The van der Waals surface area contributed by atoms with E-state index in [0.717, 1.165) is 51.4 Å². The van der Waals surface area contributed by atoms with Crippen molar-refractivity contribution in [3.8, 4) is 17.0 Å². The smallest absolute Gasteiger partial charge is 0.481 e. The molecule has 2 aromatic rings. The van der Waals surface area contributed by atoms with Gasteiger partial charge in [-0.05, 0) is 25.3 Å². The average Bonchev–Trinajstić information content (AvgIpc) is 3.29. The molecule has 6 N–H and O–H groups in total. The number of aliphatic hydroxyl groups is 1. The number of aromatic nitrogens is 3. The molecular weight excluding hydrogens is 595 g/mol. The molecule has 0 aromatic carbocycles. The van der Waals surface area contributed by atoms with E-state index in [0.29, 0.717) is 11.3 Å². The molecule has 0 radical (unpaired) electrons. The lowest BCUT2D eigenvalue weighted by molar-refractivity contribution is -0.274. The van der Waals surface area contributed by atoms with Crippen LogP contribution in [0.25, 0.3) is 11.3 Å². The van der Waals surface area contributed by atoms with Crippen LogP contribution in [0.15, 0.2) is 18.5 Å². The van der Waals surface area contributed by atoms with Crippen molar-refractivity contribution in [1.29, 1.82) is 0 Å². The van der Waals surface area contributed by atoms with Crippen LogP contribution in [0.2, 0.25) is 0 Å². The number of pyridine rings is 1. The van der Waals surface area contributed by atoms with Crippen molar-refractivity contribution in [2.24, 2.45) is 0 Å². The van der Waals surface area contributed by atoms with E-state index in [1.165, 1.54) is 12.3 Å². The number of ether oxygens (including phenoxy) is 2. The summed E-state index contributed by atoms with van der Waals surface area (Å²) in [5.41, 5.74) is 4.16. The third kappa shape index (κ3) is 6.73. The standard InChI is InChI=1S/C21H26F3N5O2.C6H8O7/c1-13(2)18-27-15(14-7-16(17(25)26-8-14)31-21(22,23)24)9-29(18)20-10-19(11-20,12-20)28-3-5-30-6-4-28;7-3(8)1-6(13,5(11)12)2-4(9)10/h7-9,13H,3-6,10-12H2,1-2H3,(H2,25,26);13H,1-2H2,(H,7,8)(H,9,10)(H,11,12). The van der Waals surface area contributed by atoms with Crippen molar-refractivity contribution >= 4 is 23.7 Å². The van der Waals surface area contributed by atoms with Crippen LogP contribution in [0.3, 0.4) is 0 Å². The van der Waals surface area contributed by atoms with Crippen LogP contribution in [0.5, 0.6) is 5.75 Å². The lowest BCUT2D eigenvalue weighted by Crippen LogP contribution is -2.79. The van der Waals surface area contributed by atoms with Gasteiger partial charge in [0, 0.05) is 42.5 Å². The van der Waals surface area contributed by atoms with Crippen LogP contribution in [0.4, 0.5) is 19.0 Å². The van der Waals surface area contributed by atoms with Gasteiger partial charge in [0.1, 0.15) is 5.82 Å². The van der Waals surface area contributed by atoms with Gasteiger partial charge in [0.05, 0.1) is 37.3 Å². The molecule has 4 aliphatic rings. The number of nitrogens with zero attached hydrogens (tertiary/aromatic N) is 4. The monoisotopic (exact) mass is 629 g/mol. The Kier molecular flexibility index (Phi) is 8.87. The van der Waals surface area contributed by atoms with E-state index in [-0.39, 0.29) is 22.8 Å². The fourth-order valence-electron chi connectivity index (χ4n) is 6.15. The highest BCUT2D eigenvalue weighted by Crippen LogP contribution is 2.68. The van der Waals surface area contributed by atoms with Gasteiger partial charge in [0.25, 0.3) is 0 Å². The quantitative estimate of drug-likeness (QED) is 0.256. The largest absolute Gasteiger partial charge is 0.573 e. The fraction of sp³-hybridized carbons (Fsp3) is 0.593. The molecule has 1 aliphatic heterocycles. The molecule has 44 heavy (non-hydrogen) atoms. The molecule has 0 amide bonds. The molecule has 2 aromatic heterocycles. The third-order valence-corrected chi connectivity index (χ3v) is 8.11. The zero-order chi connectivity index (χ0) is 32.7. The molecule has 3 heterocycles. The number of aliphatic carboxylic acids is 3. The number of carboxylic acids is 3. The first kappa shape index (κ1) is 32.9. The number of nitrogens with two attached hydrogens (primary N) is 1. The summed E-state index contributed by atoms with van der Waals surface area (Å²) in [5.74, 6) is -4.73. The average molecular weight is 630 g/mol. The van der Waals surface area contributed by atoms with Gasteiger partial charge in [-0.15, -0.1) is 13.2 Å². The number of anilines is 1. The van der Waals surface area contributed by atoms with Crippen LogP contribution < -0.4 is 10.5 Å². The van der Waals surface area contributed by atoms with Gasteiger partial charge in [0.2, 0.25) is 0 Å². The Hall–Kier alpha value is -3.96. The van der Waals surface area contributed by atoms with E-state index in [1.807, 2.05) is 6.20 Å². The Labute approximate surface area is 249 Å². The maximum Gasteiger partial charge on any atom is 0.573 e. The summed E-state index contributed by atoms with van der Waals surface area (Å²) in [6, 6.07) is 1.25. The van der Waals surface area contributed by atoms with E-state index in [2.05, 4.69) is 33.0 Å². The normalized spacial score (nSPS) is 23.2. The molecule has 17 heteroatoms. The van der Waals surface area contributed by atoms with Gasteiger partial charge in [-0.3, -0.25) is 14.5 Å². The minimum Gasteiger partial charge on any atom is -0.481 e. The van der Waals surface area contributed by atoms with Crippen molar-refractivity contribution in [2.45, 2.75) is 74.9 Å². The number of carbonyl (C=O) groups is 3. The lowest BCUT2D eigenvalue weighted by Gasteiger charge is -2.74. The molecule has 0 unspecified atom stereocenters. The van der Waals surface area contributed by atoms with Gasteiger partial charge in [-0.1, -0.05) is 13.8 Å². The van der Waals surface area contributed by atoms with Crippen LogP contribution in [0, 0.1) is 0 Å². The maximum absolute atomic E-state index is 12.7. The number of carboxylic acid groups (broad SMARTS) is 3. The summed E-state index contributed by atoms with van der Waals surface area (Å²) in [6.45, 7) is 7.67. The molecular formula is C27H34F3N5O9. The molecule has 2 bridgehead atoms. The van der Waals surface area contributed by atoms with Crippen molar-refractivity contribution < 1.29 is 57.5 Å². The van der Waals surface area contributed by atoms with Crippen LogP contribution in [0.1, 0.15) is 57.7 Å². The van der Waals surface area contributed by atoms with E-state index < -0.39 is 48.5 Å². The predicted molar refractivity (Wildman–Crippen MR) is 145 cm³/mol. The SMILES string of the molecule is CC(C)c1nc(-c2cnc(N)c(OC(F)(F)F)c2)cn1C12CC(N3CCOCC3)(C1)C2.O=C(O)CC(O)(CC(=O)O)C(=O)O. The van der Waals surface area contributed by atoms with E-state index in [4.69, 9.17) is 35.9 Å². The first-order valence-corrected chi connectivity index (χ1v) is 13.7. The zero-order valence-corrected chi connectivity index (χ0v) is 24.0. The zero-order valence-electron chi connectivity index (χ0n) is 24.0. The highest BCUT2D eigenvalue weighted by atomic mass is 19.4. The van der Waals surface area contributed by atoms with Crippen LogP contribution >= 0.6 is 0 Å². The summed E-state index contributed by atoms with van der Waals surface area (Å²) in [6.07, 6.45) is -0.539. The van der Waals surface area contributed by atoms with E-state index in [1.54, 1.807) is 0 Å². The Morgan fingerprint density at radius 3 is 2.11 bits per heavy atom. The molecule has 0 spiro atoms. The molecule has 6 rings (SSSR count). The first-order valence-electron chi connectivity index (χ1n) is 13.7. The summed E-state index contributed by atoms with van der Waals surface area (Å²) < 4.78 is 49.9. The fourth-order valence-corrected chi connectivity index (χ4v) is 6.15. The van der Waals surface area contributed by atoms with Gasteiger partial charge < -0.3 is 40.2 Å². The Morgan fingerprint density at radius 1 is 1.07 bits per heavy atom. The second-order valence-corrected chi connectivity index (χ2v) is 11.7. The minimum absolute atomic E-state index is 0.0374. The second kappa shape index (κ2) is 11.9. The van der Waals surface area contributed by atoms with Gasteiger partial charge in [-0.2, -0.15) is 0 Å². The minimum atomic E-state index is -4.84. The summed E-state index contributed by atoms with van der Waals surface area (Å²) in [5, 5.41) is 33.8. The Balaban J connectivity index is 0.000000289. The number of hydrogen-bond acceptors (Lipinski definition) is 10. The number of imidazole rings is 1. The van der Waals surface area contributed by atoms with Gasteiger partial charge in [0.15, 0.2) is 17.2 Å². The summed E-state index contributed by atoms with van der Waals surface area (Å²) >= 11 is 0. The highest BCUT2D eigenvalue weighted by Gasteiger charge is 2.71. The number of morpholine rings is 1. The lowest BCUT2D eigenvalue weighted by atomic mass is 9.43. The van der Waals surface area contributed by atoms with Crippen molar-refractivity contribution in [2.75, 3.05) is 32.0 Å². The number of halogens is 3. The van der Waals surface area contributed by atoms with Gasteiger partial charge >= 0.3 is 24.3 Å². The molecule has 4 fully saturated rings. The molecule has 1 saturated heterocycles. The number of hydrogen-bond donors (Lipinski definition) is 5. The number of alkyl halides is 3. The molecule has 0 atom stereocenters. The Bertz CT molecular complexity index is 1390. The topological polar surface area (TPSA) is 211 Å². The van der Waals surface area contributed by atoms with Crippen molar-refractivity contribution in [3.63, 3.8) is 0 Å². The number of nitrogen functional groups attached to an aromatic ring is 1. The van der Waals surface area contributed by atoms with E-state index in [9.17, 15) is 27.6 Å². The molecule has 3 aliphatic carbocycles. The summed E-state index contributed by atoms with van der Waals surface area (Å²) in [4.78, 5) is 41.7. The van der Waals surface area contributed by atoms with Crippen molar-refractivity contribution in [3.05, 3.63) is 24.3 Å². The molecule has 14 nitrogen and oxygen atoms in total. The summed E-state index contributed by atoms with van der Waals surface area (Å²) in [7, 11) is 0. The Morgan fingerprint density at radius 2 is 1.64 bits per heavy atom. The maximum atomic E-state index is 12.7. The second-order valence-electron chi connectivity index (χ2n) is 11.7. The van der Waals surface area contributed by atoms with Gasteiger partial charge in [-0.25, -0.2) is 14.8 Å². The predicted octanol–water partition coefficient (Wildman–Crippen LogP) is 2.26. The van der Waals surface area contributed by atoms with E-state index >= 15 is 0 Å². The molecule has 242 valence electrons. The highest BCUT2D eigenvalue weighted by molar-refractivity contribution is 5.88.